The van der Waals surface area contributed by atoms with Gasteiger partial charge in [-0.15, -0.1) is 11.3 Å². The van der Waals surface area contributed by atoms with Crippen LogP contribution in [0.5, 0.6) is 0 Å². The third-order valence-corrected chi connectivity index (χ3v) is 4.81. The normalized spacial score (nSPS) is 20.5. The minimum absolute atomic E-state index is 0.106. The average Bonchev–Trinajstić information content (AvgIpc) is 2.65. The summed E-state index contributed by atoms with van der Waals surface area (Å²) in [6.45, 7) is 0. The van der Waals surface area contributed by atoms with Gasteiger partial charge in [-0.3, -0.25) is 4.79 Å². The van der Waals surface area contributed by atoms with E-state index in [0.717, 1.165) is 17.3 Å². The Morgan fingerprint density at radius 1 is 1.47 bits per heavy atom. The van der Waals surface area contributed by atoms with Crippen molar-refractivity contribution in [3.63, 3.8) is 0 Å². The van der Waals surface area contributed by atoms with Gasteiger partial charge >= 0.3 is 0 Å². The summed E-state index contributed by atoms with van der Waals surface area (Å²) in [5, 5.41) is 2.06. The standard InChI is InChI=1S/C11H14BrNOS/c12-8-5-10(15-6-8)11(13)7-1-3-9(14)4-2-7/h5-7,11H,1-4,13H2. The molecule has 1 aromatic heterocycles. The molecule has 1 aliphatic rings. The van der Waals surface area contributed by atoms with Crippen molar-refractivity contribution < 1.29 is 4.79 Å². The molecule has 82 valence electrons. The number of ketones is 1. The first-order valence-corrected chi connectivity index (χ1v) is 6.85. The van der Waals surface area contributed by atoms with Crippen LogP contribution in [0, 0.1) is 5.92 Å². The molecule has 15 heavy (non-hydrogen) atoms. The van der Waals surface area contributed by atoms with E-state index < -0.39 is 0 Å². The van der Waals surface area contributed by atoms with E-state index in [0.29, 0.717) is 24.5 Å². The number of rotatable bonds is 2. The van der Waals surface area contributed by atoms with Crippen LogP contribution in [0.4, 0.5) is 0 Å². The highest BCUT2D eigenvalue weighted by molar-refractivity contribution is 9.10. The van der Waals surface area contributed by atoms with E-state index in [1.807, 2.05) is 0 Å². The Morgan fingerprint density at radius 2 is 2.13 bits per heavy atom. The molecular formula is C11H14BrNOS. The van der Waals surface area contributed by atoms with Crippen LogP contribution in [0.1, 0.15) is 36.6 Å². The van der Waals surface area contributed by atoms with Gasteiger partial charge in [-0.1, -0.05) is 0 Å². The summed E-state index contributed by atoms with van der Waals surface area (Å²) < 4.78 is 1.10. The van der Waals surface area contributed by atoms with Crippen molar-refractivity contribution in [1.29, 1.82) is 0 Å². The Morgan fingerprint density at radius 3 is 2.67 bits per heavy atom. The SMILES string of the molecule is NC(c1cc(Br)cs1)C1CCC(=O)CC1. The molecule has 1 atom stereocenters. The predicted molar refractivity (Wildman–Crippen MR) is 65.9 cm³/mol. The minimum Gasteiger partial charge on any atom is -0.323 e. The van der Waals surface area contributed by atoms with E-state index in [4.69, 9.17) is 5.73 Å². The first-order chi connectivity index (χ1) is 7.16. The van der Waals surface area contributed by atoms with Gasteiger partial charge in [-0.25, -0.2) is 0 Å². The quantitative estimate of drug-likeness (QED) is 0.907. The molecule has 1 heterocycles. The van der Waals surface area contributed by atoms with Crippen LogP contribution in [-0.4, -0.2) is 5.78 Å². The van der Waals surface area contributed by atoms with Crippen molar-refractivity contribution in [3.8, 4) is 0 Å². The second kappa shape index (κ2) is 4.76. The van der Waals surface area contributed by atoms with Gasteiger partial charge in [0, 0.05) is 33.6 Å². The van der Waals surface area contributed by atoms with Crippen molar-refractivity contribution >= 4 is 33.0 Å². The smallest absolute Gasteiger partial charge is 0.132 e. The summed E-state index contributed by atoms with van der Waals surface area (Å²) >= 11 is 5.13. The molecule has 0 amide bonds. The number of Topliss-reactive ketones (excluding diaryl/α,β-unsaturated/α-hetero) is 1. The number of hydrogen-bond acceptors (Lipinski definition) is 3. The first kappa shape index (κ1) is 11.3. The zero-order chi connectivity index (χ0) is 10.8. The summed E-state index contributed by atoms with van der Waals surface area (Å²) in [4.78, 5) is 12.3. The molecule has 2 rings (SSSR count). The fourth-order valence-corrected chi connectivity index (χ4v) is 3.60. The monoisotopic (exact) mass is 287 g/mol. The molecular weight excluding hydrogens is 274 g/mol. The Kier molecular flexibility index (Phi) is 3.59. The molecule has 1 aliphatic carbocycles. The average molecular weight is 288 g/mol. The maximum absolute atomic E-state index is 11.1. The largest absolute Gasteiger partial charge is 0.323 e. The highest BCUT2D eigenvalue weighted by Gasteiger charge is 2.25. The maximum atomic E-state index is 11.1. The summed E-state index contributed by atoms with van der Waals surface area (Å²) in [6, 6.07) is 2.19. The van der Waals surface area contributed by atoms with E-state index in [2.05, 4.69) is 27.4 Å². The molecule has 0 radical (unpaired) electrons. The molecule has 0 aromatic carbocycles. The van der Waals surface area contributed by atoms with E-state index in [9.17, 15) is 4.79 Å². The summed E-state index contributed by atoms with van der Waals surface area (Å²) in [7, 11) is 0. The third kappa shape index (κ3) is 2.68. The number of thiophene rings is 1. The van der Waals surface area contributed by atoms with Crippen molar-refractivity contribution in [2.24, 2.45) is 11.7 Å². The topological polar surface area (TPSA) is 43.1 Å². The number of nitrogens with two attached hydrogens (primary N) is 1. The predicted octanol–water partition coefficient (Wildman–Crippen LogP) is 3.27. The number of hydrogen-bond donors (Lipinski definition) is 1. The van der Waals surface area contributed by atoms with Crippen molar-refractivity contribution in [3.05, 3.63) is 20.8 Å². The lowest BCUT2D eigenvalue weighted by Gasteiger charge is -2.26. The molecule has 0 bridgehead atoms. The van der Waals surface area contributed by atoms with Gasteiger partial charge in [0.1, 0.15) is 5.78 Å². The molecule has 1 saturated carbocycles. The van der Waals surface area contributed by atoms with Crippen LogP contribution in [0.2, 0.25) is 0 Å². The van der Waals surface area contributed by atoms with Gasteiger partial charge in [0.15, 0.2) is 0 Å². The van der Waals surface area contributed by atoms with Crippen LogP contribution < -0.4 is 5.73 Å². The highest BCUT2D eigenvalue weighted by Crippen LogP contribution is 2.35. The van der Waals surface area contributed by atoms with Gasteiger partial charge in [-0.05, 0) is 40.8 Å². The van der Waals surface area contributed by atoms with Crippen LogP contribution in [0.3, 0.4) is 0 Å². The van der Waals surface area contributed by atoms with Crippen molar-refractivity contribution in [2.75, 3.05) is 0 Å². The molecule has 0 aliphatic heterocycles. The molecule has 0 saturated heterocycles. The lowest BCUT2D eigenvalue weighted by atomic mass is 9.83. The molecule has 1 unspecified atom stereocenters. The summed E-state index contributed by atoms with van der Waals surface area (Å²) in [5.74, 6) is 0.874. The number of carbonyl (C=O) groups excluding carboxylic acids is 1. The number of halogens is 1. The fourth-order valence-electron chi connectivity index (χ4n) is 2.06. The van der Waals surface area contributed by atoms with E-state index in [1.165, 1.54) is 4.88 Å². The van der Waals surface area contributed by atoms with Crippen LogP contribution in [-0.2, 0) is 4.79 Å². The van der Waals surface area contributed by atoms with Gasteiger partial charge in [0.2, 0.25) is 0 Å². The molecule has 1 fully saturated rings. The van der Waals surface area contributed by atoms with E-state index in [1.54, 1.807) is 11.3 Å². The van der Waals surface area contributed by atoms with Gasteiger partial charge in [0.25, 0.3) is 0 Å². The highest BCUT2D eigenvalue weighted by atomic mass is 79.9. The zero-order valence-corrected chi connectivity index (χ0v) is 10.8. The first-order valence-electron chi connectivity index (χ1n) is 5.18. The Balaban J connectivity index is 2.02. The summed E-state index contributed by atoms with van der Waals surface area (Å²) in [5.41, 5.74) is 6.21. The van der Waals surface area contributed by atoms with Crippen LogP contribution >= 0.6 is 27.3 Å². The van der Waals surface area contributed by atoms with Crippen molar-refractivity contribution in [2.45, 2.75) is 31.7 Å². The Bertz CT molecular complexity index is 353. The van der Waals surface area contributed by atoms with Crippen LogP contribution in [0.15, 0.2) is 15.9 Å². The Hall–Kier alpha value is -0.190. The molecule has 1 aromatic rings. The molecule has 2 nitrogen and oxygen atoms in total. The molecule has 4 heteroatoms. The van der Waals surface area contributed by atoms with Crippen LogP contribution in [0.25, 0.3) is 0 Å². The molecule has 0 spiro atoms. The number of carbonyl (C=O) groups is 1. The summed E-state index contributed by atoms with van der Waals surface area (Å²) in [6.07, 6.45) is 3.33. The van der Waals surface area contributed by atoms with Gasteiger partial charge in [-0.2, -0.15) is 0 Å². The molecule has 2 N–H and O–H groups in total. The Labute approximate surface area is 102 Å². The minimum atomic E-state index is 0.106. The van der Waals surface area contributed by atoms with Crippen molar-refractivity contribution in [1.82, 2.24) is 0 Å². The second-order valence-corrected chi connectivity index (χ2v) is 5.93. The maximum Gasteiger partial charge on any atom is 0.132 e. The lowest BCUT2D eigenvalue weighted by Crippen LogP contribution is -2.25. The van der Waals surface area contributed by atoms with E-state index in [-0.39, 0.29) is 6.04 Å². The third-order valence-electron chi connectivity index (χ3n) is 3.01. The van der Waals surface area contributed by atoms with E-state index >= 15 is 0 Å². The zero-order valence-electron chi connectivity index (χ0n) is 8.41. The second-order valence-electron chi connectivity index (χ2n) is 4.07. The fraction of sp³-hybridized carbons (Fsp3) is 0.545. The van der Waals surface area contributed by atoms with Gasteiger partial charge < -0.3 is 5.73 Å². The van der Waals surface area contributed by atoms with Gasteiger partial charge in [0.05, 0.1) is 0 Å². The lowest BCUT2D eigenvalue weighted by molar-refractivity contribution is -0.121.